The molecule has 0 aliphatic heterocycles. The Morgan fingerprint density at radius 2 is 1.76 bits per heavy atom. The van der Waals surface area contributed by atoms with Crippen molar-refractivity contribution in [2.75, 3.05) is 7.05 Å². The fourth-order valence-corrected chi connectivity index (χ4v) is 2.56. The minimum absolute atomic E-state index is 0.0447. The van der Waals surface area contributed by atoms with Gasteiger partial charge in [0.15, 0.2) is 0 Å². The average molecular weight is 302 g/mol. The van der Waals surface area contributed by atoms with Crippen molar-refractivity contribution >= 4 is 17.2 Å². The van der Waals surface area contributed by atoms with Crippen LogP contribution in [-0.2, 0) is 6.54 Å². The van der Waals surface area contributed by atoms with Crippen molar-refractivity contribution < 1.29 is 4.39 Å². The Morgan fingerprint density at radius 1 is 1.14 bits per heavy atom. The molecule has 4 heteroatoms. The second kappa shape index (κ2) is 7.29. The zero-order chi connectivity index (χ0) is 15.2. The summed E-state index contributed by atoms with van der Waals surface area (Å²) in [6.07, 6.45) is 0.574. The monoisotopic (exact) mass is 302 g/mol. The van der Waals surface area contributed by atoms with Gasteiger partial charge in [0.05, 0.1) is 4.99 Å². The molecule has 0 aliphatic rings. The summed E-state index contributed by atoms with van der Waals surface area (Å²) < 4.78 is 13.8. The van der Waals surface area contributed by atoms with Crippen LogP contribution in [0.2, 0.25) is 0 Å². The summed E-state index contributed by atoms with van der Waals surface area (Å²) in [5, 5.41) is 0. The van der Waals surface area contributed by atoms with Gasteiger partial charge in [-0.15, -0.1) is 0 Å². The van der Waals surface area contributed by atoms with E-state index in [0.29, 0.717) is 23.5 Å². The summed E-state index contributed by atoms with van der Waals surface area (Å²) in [5.41, 5.74) is 7.52. The first-order valence-electron chi connectivity index (χ1n) is 6.85. The molecule has 0 saturated carbocycles. The number of benzene rings is 2. The Morgan fingerprint density at radius 3 is 2.38 bits per heavy atom. The van der Waals surface area contributed by atoms with Crippen LogP contribution >= 0.6 is 12.2 Å². The van der Waals surface area contributed by atoms with E-state index in [1.54, 1.807) is 12.1 Å². The van der Waals surface area contributed by atoms with Crippen LogP contribution in [0.3, 0.4) is 0 Å². The van der Waals surface area contributed by atoms with E-state index in [4.69, 9.17) is 18.0 Å². The summed E-state index contributed by atoms with van der Waals surface area (Å²) in [6, 6.07) is 16.9. The molecule has 21 heavy (non-hydrogen) atoms. The molecule has 2 aromatic carbocycles. The van der Waals surface area contributed by atoms with E-state index in [0.717, 1.165) is 5.56 Å². The lowest BCUT2D eigenvalue weighted by Crippen LogP contribution is -2.28. The van der Waals surface area contributed by atoms with E-state index >= 15 is 0 Å². The first-order chi connectivity index (χ1) is 10.1. The van der Waals surface area contributed by atoms with E-state index in [2.05, 4.69) is 4.90 Å². The molecular formula is C17H19FN2S. The predicted octanol–water partition coefficient (Wildman–Crippen LogP) is 3.68. The molecule has 110 valence electrons. The van der Waals surface area contributed by atoms with Gasteiger partial charge in [0, 0.05) is 24.6 Å². The lowest BCUT2D eigenvalue weighted by atomic mass is 10.0. The van der Waals surface area contributed by atoms with Gasteiger partial charge >= 0.3 is 0 Å². The molecule has 2 nitrogen and oxygen atoms in total. The van der Waals surface area contributed by atoms with Crippen molar-refractivity contribution in [3.63, 3.8) is 0 Å². The van der Waals surface area contributed by atoms with Crippen LogP contribution in [0.15, 0.2) is 54.6 Å². The van der Waals surface area contributed by atoms with Crippen LogP contribution < -0.4 is 5.73 Å². The standard InChI is InChI=1S/C17H19FN2S/c1-20(12-14-9-5-6-10-15(14)18)16(11-17(19)21)13-7-3-2-4-8-13/h2-10,16H,11-12H2,1H3,(H2,19,21). The number of rotatable bonds is 6. The molecule has 0 aliphatic carbocycles. The molecule has 1 unspecified atom stereocenters. The number of hydrogen-bond acceptors (Lipinski definition) is 2. The molecule has 0 amide bonds. The minimum atomic E-state index is -0.188. The van der Waals surface area contributed by atoms with Gasteiger partial charge in [0.2, 0.25) is 0 Å². The highest BCUT2D eigenvalue weighted by Gasteiger charge is 2.19. The van der Waals surface area contributed by atoms with E-state index in [1.807, 2.05) is 43.4 Å². The highest BCUT2D eigenvalue weighted by molar-refractivity contribution is 7.80. The Balaban J connectivity index is 2.20. The van der Waals surface area contributed by atoms with Crippen LogP contribution in [0.25, 0.3) is 0 Å². The third kappa shape index (κ3) is 4.34. The van der Waals surface area contributed by atoms with Crippen LogP contribution in [-0.4, -0.2) is 16.9 Å². The Bertz CT molecular complexity index is 601. The third-order valence-electron chi connectivity index (χ3n) is 3.49. The third-order valence-corrected chi connectivity index (χ3v) is 3.66. The zero-order valence-electron chi connectivity index (χ0n) is 12.0. The van der Waals surface area contributed by atoms with Crippen molar-refractivity contribution in [2.45, 2.75) is 19.0 Å². The second-order valence-electron chi connectivity index (χ2n) is 5.10. The lowest BCUT2D eigenvalue weighted by Gasteiger charge is -2.28. The molecule has 0 saturated heterocycles. The summed E-state index contributed by atoms with van der Waals surface area (Å²) in [7, 11) is 1.96. The van der Waals surface area contributed by atoms with Crippen molar-refractivity contribution in [3.8, 4) is 0 Å². The van der Waals surface area contributed by atoms with E-state index in [-0.39, 0.29) is 11.9 Å². The van der Waals surface area contributed by atoms with E-state index in [9.17, 15) is 4.39 Å². The molecule has 0 heterocycles. The molecular weight excluding hydrogens is 283 g/mol. The van der Waals surface area contributed by atoms with Crippen molar-refractivity contribution in [1.82, 2.24) is 4.90 Å². The number of hydrogen-bond donors (Lipinski definition) is 1. The van der Waals surface area contributed by atoms with Crippen molar-refractivity contribution in [2.24, 2.45) is 5.73 Å². The van der Waals surface area contributed by atoms with Crippen LogP contribution in [0, 0.1) is 5.82 Å². The summed E-state index contributed by atoms with van der Waals surface area (Å²) in [6.45, 7) is 0.509. The molecule has 0 spiro atoms. The second-order valence-corrected chi connectivity index (χ2v) is 5.63. The minimum Gasteiger partial charge on any atom is -0.393 e. The zero-order valence-corrected chi connectivity index (χ0v) is 12.8. The smallest absolute Gasteiger partial charge is 0.127 e. The van der Waals surface area contributed by atoms with Gasteiger partial charge in [-0.3, -0.25) is 4.90 Å². The van der Waals surface area contributed by atoms with Gasteiger partial charge in [-0.05, 0) is 18.7 Å². The van der Waals surface area contributed by atoms with Gasteiger partial charge in [-0.2, -0.15) is 0 Å². The molecule has 2 aromatic rings. The first-order valence-corrected chi connectivity index (χ1v) is 7.25. The maximum Gasteiger partial charge on any atom is 0.127 e. The van der Waals surface area contributed by atoms with Gasteiger partial charge < -0.3 is 5.73 Å². The largest absolute Gasteiger partial charge is 0.393 e. The van der Waals surface area contributed by atoms with Gasteiger partial charge in [0.1, 0.15) is 5.82 Å². The van der Waals surface area contributed by atoms with Gasteiger partial charge in [-0.25, -0.2) is 4.39 Å². The maximum atomic E-state index is 13.8. The SMILES string of the molecule is CN(Cc1ccccc1F)C(CC(N)=S)c1ccccc1. The maximum absolute atomic E-state index is 13.8. The molecule has 0 bridgehead atoms. The molecule has 2 N–H and O–H groups in total. The molecule has 0 fully saturated rings. The fraction of sp³-hybridized carbons (Fsp3) is 0.235. The number of thiocarbonyl (C=S) groups is 1. The summed E-state index contributed by atoms with van der Waals surface area (Å²) in [4.78, 5) is 2.54. The normalized spacial score (nSPS) is 12.3. The van der Waals surface area contributed by atoms with Crippen LogP contribution in [0.1, 0.15) is 23.6 Å². The highest BCUT2D eigenvalue weighted by Crippen LogP contribution is 2.25. The first kappa shape index (κ1) is 15.6. The quantitative estimate of drug-likeness (QED) is 0.826. The Kier molecular flexibility index (Phi) is 5.42. The Labute approximate surface area is 130 Å². The number of nitrogens with two attached hydrogens (primary N) is 1. The van der Waals surface area contributed by atoms with E-state index < -0.39 is 0 Å². The van der Waals surface area contributed by atoms with Gasteiger partial charge in [0.25, 0.3) is 0 Å². The van der Waals surface area contributed by atoms with Crippen molar-refractivity contribution in [3.05, 3.63) is 71.5 Å². The topological polar surface area (TPSA) is 29.3 Å². The lowest BCUT2D eigenvalue weighted by molar-refractivity contribution is 0.239. The number of nitrogens with zero attached hydrogens (tertiary/aromatic N) is 1. The molecule has 1 atom stereocenters. The van der Waals surface area contributed by atoms with Crippen molar-refractivity contribution in [1.29, 1.82) is 0 Å². The molecule has 2 rings (SSSR count). The summed E-state index contributed by atoms with van der Waals surface area (Å²) in [5.74, 6) is -0.188. The Hall–Kier alpha value is -1.78. The van der Waals surface area contributed by atoms with E-state index in [1.165, 1.54) is 6.07 Å². The predicted molar refractivity (Wildman–Crippen MR) is 88.5 cm³/mol. The molecule has 0 aromatic heterocycles. The van der Waals surface area contributed by atoms with Gasteiger partial charge in [-0.1, -0.05) is 60.7 Å². The molecule has 0 radical (unpaired) electrons. The average Bonchev–Trinajstić information content (AvgIpc) is 2.48. The van der Waals surface area contributed by atoms with Crippen LogP contribution in [0.5, 0.6) is 0 Å². The fourth-order valence-electron chi connectivity index (χ4n) is 2.40. The van der Waals surface area contributed by atoms with Crippen LogP contribution in [0.4, 0.5) is 4.39 Å². The summed E-state index contributed by atoms with van der Waals surface area (Å²) >= 11 is 5.06. The number of halogens is 1. The highest BCUT2D eigenvalue weighted by atomic mass is 32.1.